The Kier molecular flexibility index (Phi) is 5.14. The SMILES string of the molecule is CCNc1ncccc1C(=O)Nc1c(Br)cccc1Br. The molecular weight excluding hydrogens is 386 g/mol. The van der Waals surface area contributed by atoms with Crippen molar-refractivity contribution in [2.75, 3.05) is 17.2 Å². The Morgan fingerprint density at radius 2 is 1.90 bits per heavy atom. The van der Waals surface area contributed by atoms with Crippen molar-refractivity contribution < 1.29 is 4.79 Å². The van der Waals surface area contributed by atoms with Gasteiger partial charge in [-0.25, -0.2) is 4.98 Å². The fraction of sp³-hybridized carbons (Fsp3) is 0.143. The molecule has 1 aromatic carbocycles. The van der Waals surface area contributed by atoms with E-state index in [-0.39, 0.29) is 5.91 Å². The number of nitrogens with one attached hydrogen (secondary N) is 2. The average molecular weight is 399 g/mol. The van der Waals surface area contributed by atoms with Gasteiger partial charge in [0.15, 0.2) is 0 Å². The minimum atomic E-state index is -0.207. The summed E-state index contributed by atoms with van der Waals surface area (Å²) in [4.78, 5) is 16.6. The zero-order valence-electron chi connectivity index (χ0n) is 10.8. The highest BCUT2D eigenvalue weighted by atomic mass is 79.9. The van der Waals surface area contributed by atoms with Crippen LogP contribution in [0.1, 0.15) is 17.3 Å². The summed E-state index contributed by atoms with van der Waals surface area (Å²) in [6, 6.07) is 9.11. The van der Waals surface area contributed by atoms with E-state index in [0.717, 1.165) is 8.95 Å². The number of aromatic nitrogens is 1. The second-order valence-electron chi connectivity index (χ2n) is 3.98. The van der Waals surface area contributed by atoms with Gasteiger partial charge in [0.2, 0.25) is 0 Å². The van der Waals surface area contributed by atoms with E-state index in [9.17, 15) is 4.79 Å². The third kappa shape index (κ3) is 3.37. The summed E-state index contributed by atoms with van der Waals surface area (Å²) >= 11 is 6.84. The monoisotopic (exact) mass is 397 g/mol. The summed E-state index contributed by atoms with van der Waals surface area (Å²) in [5.74, 6) is 0.373. The Bertz CT molecular complexity index is 611. The number of anilines is 2. The minimum absolute atomic E-state index is 0.207. The Balaban J connectivity index is 2.29. The van der Waals surface area contributed by atoms with Crippen LogP contribution < -0.4 is 10.6 Å². The van der Waals surface area contributed by atoms with Crippen LogP contribution in [0.25, 0.3) is 0 Å². The van der Waals surface area contributed by atoms with E-state index < -0.39 is 0 Å². The molecule has 1 aromatic heterocycles. The Labute approximate surface area is 134 Å². The molecule has 4 nitrogen and oxygen atoms in total. The third-order valence-electron chi connectivity index (χ3n) is 2.60. The lowest BCUT2D eigenvalue weighted by molar-refractivity contribution is 0.102. The highest BCUT2D eigenvalue weighted by molar-refractivity contribution is 9.11. The number of rotatable bonds is 4. The molecule has 0 spiro atoms. The van der Waals surface area contributed by atoms with Crippen LogP contribution in [0.2, 0.25) is 0 Å². The van der Waals surface area contributed by atoms with Gasteiger partial charge in [-0.05, 0) is 63.0 Å². The predicted molar refractivity (Wildman–Crippen MR) is 88.2 cm³/mol. The van der Waals surface area contributed by atoms with Gasteiger partial charge in [-0.15, -0.1) is 0 Å². The second kappa shape index (κ2) is 6.85. The zero-order chi connectivity index (χ0) is 14.5. The van der Waals surface area contributed by atoms with Gasteiger partial charge in [0, 0.05) is 21.7 Å². The maximum absolute atomic E-state index is 12.4. The lowest BCUT2D eigenvalue weighted by Crippen LogP contribution is -2.16. The molecule has 0 unspecified atom stereocenters. The molecule has 0 atom stereocenters. The van der Waals surface area contributed by atoms with Crippen LogP contribution in [0.5, 0.6) is 0 Å². The molecule has 1 heterocycles. The van der Waals surface area contributed by atoms with Crippen molar-refractivity contribution in [3.05, 3.63) is 51.0 Å². The zero-order valence-corrected chi connectivity index (χ0v) is 14.0. The van der Waals surface area contributed by atoms with Crippen molar-refractivity contribution >= 4 is 49.3 Å². The highest BCUT2D eigenvalue weighted by Gasteiger charge is 2.14. The molecule has 0 saturated carbocycles. The normalized spacial score (nSPS) is 10.2. The number of nitrogens with zero attached hydrogens (tertiary/aromatic N) is 1. The van der Waals surface area contributed by atoms with Gasteiger partial charge in [-0.3, -0.25) is 4.79 Å². The molecule has 6 heteroatoms. The summed E-state index contributed by atoms with van der Waals surface area (Å²) in [7, 11) is 0. The average Bonchev–Trinajstić information content (AvgIpc) is 2.44. The molecule has 20 heavy (non-hydrogen) atoms. The molecular formula is C14H13Br2N3O. The van der Waals surface area contributed by atoms with Crippen LogP contribution in [0.15, 0.2) is 45.5 Å². The molecule has 0 radical (unpaired) electrons. The fourth-order valence-electron chi connectivity index (χ4n) is 1.69. The van der Waals surface area contributed by atoms with E-state index in [1.54, 1.807) is 18.3 Å². The van der Waals surface area contributed by atoms with Gasteiger partial charge in [0.25, 0.3) is 5.91 Å². The van der Waals surface area contributed by atoms with Gasteiger partial charge >= 0.3 is 0 Å². The van der Waals surface area contributed by atoms with E-state index in [4.69, 9.17) is 0 Å². The van der Waals surface area contributed by atoms with Crippen LogP contribution in [0.3, 0.4) is 0 Å². The van der Waals surface area contributed by atoms with Crippen molar-refractivity contribution in [1.29, 1.82) is 0 Å². The largest absolute Gasteiger partial charge is 0.370 e. The van der Waals surface area contributed by atoms with Crippen LogP contribution in [0, 0.1) is 0 Å². The second-order valence-corrected chi connectivity index (χ2v) is 5.69. The predicted octanol–water partition coefficient (Wildman–Crippen LogP) is 4.29. The van der Waals surface area contributed by atoms with E-state index in [2.05, 4.69) is 47.5 Å². The molecule has 0 aliphatic rings. The lowest BCUT2D eigenvalue weighted by atomic mass is 10.2. The molecule has 2 N–H and O–H groups in total. The maximum Gasteiger partial charge on any atom is 0.259 e. The van der Waals surface area contributed by atoms with E-state index in [1.165, 1.54) is 0 Å². The summed E-state index contributed by atoms with van der Waals surface area (Å²) in [5.41, 5.74) is 1.21. The van der Waals surface area contributed by atoms with Gasteiger partial charge in [0.1, 0.15) is 5.82 Å². The molecule has 0 fully saturated rings. The van der Waals surface area contributed by atoms with Crippen LogP contribution in [-0.4, -0.2) is 17.4 Å². The smallest absolute Gasteiger partial charge is 0.259 e. The standard InChI is InChI=1S/C14H13Br2N3O/c1-2-17-13-9(5-4-8-18-13)14(20)19-12-10(15)6-3-7-11(12)16/h3-8H,2H2,1H3,(H,17,18)(H,19,20). The summed E-state index contributed by atoms with van der Waals surface area (Å²) < 4.78 is 1.63. The number of benzene rings is 1. The molecule has 0 aliphatic carbocycles. The quantitative estimate of drug-likeness (QED) is 0.807. The van der Waals surface area contributed by atoms with Crippen LogP contribution in [0.4, 0.5) is 11.5 Å². The first-order chi connectivity index (χ1) is 9.63. The molecule has 2 rings (SSSR count). The summed E-state index contributed by atoms with van der Waals surface area (Å²) in [5, 5.41) is 5.96. The van der Waals surface area contributed by atoms with E-state index in [0.29, 0.717) is 23.6 Å². The number of amides is 1. The third-order valence-corrected chi connectivity index (χ3v) is 3.92. The number of hydrogen-bond acceptors (Lipinski definition) is 3. The number of halogens is 2. The van der Waals surface area contributed by atoms with Crippen molar-refractivity contribution in [3.63, 3.8) is 0 Å². The number of carbonyl (C=O) groups excluding carboxylic acids is 1. The first kappa shape index (κ1) is 15.0. The molecule has 0 aliphatic heterocycles. The van der Waals surface area contributed by atoms with Crippen molar-refractivity contribution in [3.8, 4) is 0 Å². The summed E-state index contributed by atoms with van der Waals surface area (Å²) in [6.45, 7) is 2.66. The summed E-state index contributed by atoms with van der Waals surface area (Å²) in [6.07, 6.45) is 1.66. The van der Waals surface area contributed by atoms with Crippen molar-refractivity contribution in [1.82, 2.24) is 4.98 Å². The first-order valence-corrected chi connectivity index (χ1v) is 7.66. The number of carbonyl (C=O) groups is 1. The van der Waals surface area contributed by atoms with Crippen LogP contribution >= 0.6 is 31.9 Å². The number of para-hydroxylation sites is 1. The fourth-order valence-corrected chi connectivity index (χ4v) is 2.89. The maximum atomic E-state index is 12.4. The first-order valence-electron chi connectivity index (χ1n) is 6.07. The molecule has 104 valence electrons. The Hall–Kier alpha value is -1.40. The molecule has 0 bridgehead atoms. The Morgan fingerprint density at radius 3 is 2.55 bits per heavy atom. The number of hydrogen-bond donors (Lipinski definition) is 2. The van der Waals surface area contributed by atoms with E-state index >= 15 is 0 Å². The minimum Gasteiger partial charge on any atom is -0.370 e. The van der Waals surface area contributed by atoms with Gasteiger partial charge in [-0.2, -0.15) is 0 Å². The van der Waals surface area contributed by atoms with E-state index in [1.807, 2.05) is 25.1 Å². The lowest BCUT2D eigenvalue weighted by Gasteiger charge is -2.12. The Morgan fingerprint density at radius 1 is 1.20 bits per heavy atom. The van der Waals surface area contributed by atoms with Gasteiger partial charge < -0.3 is 10.6 Å². The molecule has 2 aromatic rings. The van der Waals surface area contributed by atoms with Crippen LogP contribution in [-0.2, 0) is 0 Å². The van der Waals surface area contributed by atoms with Gasteiger partial charge in [0.05, 0.1) is 11.3 Å². The van der Waals surface area contributed by atoms with Crippen molar-refractivity contribution in [2.45, 2.75) is 6.92 Å². The topological polar surface area (TPSA) is 54.0 Å². The molecule has 0 saturated heterocycles. The molecule has 1 amide bonds. The number of pyridine rings is 1. The highest BCUT2D eigenvalue weighted by Crippen LogP contribution is 2.31. The van der Waals surface area contributed by atoms with Gasteiger partial charge in [-0.1, -0.05) is 6.07 Å². The van der Waals surface area contributed by atoms with Crippen molar-refractivity contribution in [2.24, 2.45) is 0 Å².